The van der Waals surface area contributed by atoms with Crippen molar-refractivity contribution in [3.05, 3.63) is 77.7 Å². The number of nitrogens with one attached hydrogen (secondary N) is 1. The Morgan fingerprint density at radius 3 is 2.56 bits per heavy atom. The minimum atomic E-state index is -0.385. The Bertz CT molecular complexity index is 916. The van der Waals surface area contributed by atoms with Gasteiger partial charge in [0, 0.05) is 18.9 Å². The molecule has 2 aromatic carbocycles. The van der Waals surface area contributed by atoms with Gasteiger partial charge < -0.3 is 20.5 Å². The van der Waals surface area contributed by atoms with Gasteiger partial charge in [-0.05, 0) is 23.3 Å². The highest BCUT2D eigenvalue weighted by atomic mass is 16.5. The number of anilines is 1. The smallest absolute Gasteiger partial charge is 0.273 e. The fraction of sp³-hybridized carbons (Fsp3) is 0.150. The Hall–Kier alpha value is -3.61. The van der Waals surface area contributed by atoms with Crippen LogP contribution in [0.15, 0.2) is 60.9 Å². The van der Waals surface area contributed by atoms with Crippen LogP contribution in [0.4, 0.5) is 5.82 Å². The normalized spacial score (nSPS) is 10.3. The van der Waals surface area contributed by atoms with Crippen LogP contribution in [0.1, 0.15) is 21.6 Å². The van der Waals surface area contributed by atoms with Crippen LogP contribution in [0, 0.1) is 0 Å². The Kier molecular flexibility index (Phi) is 5.84. The number of methoxy groups -OCH3 is 1. The summed E-state index contributed by atoms with van der Waals surface area (Å²) in [7, 11) is 1.58. The molecule has 1 aromatic heterocycles. The summed E-state index contributed by atoms with van der Waals surface area (Å²) in [4.78, 5) is 20.0. The van der Waals surface area contributed by atoms with Crippen LogP contribution in [0.5, 0.6) is 11.5 Å². The molecule has 0 saturated heterocycles. The third-order valence-corrected chi connectivity index (χ3v) is 3.86. The molecular weight excluding hydrogens is 344 g/mol. The first kappa shape index (κ1) is 18.2. The third-order valence-electron chi connectivity index (χ3n) is 3.86. The van der Waals surface area contributed by atoms with Crippen molar-refractivity contribution >= 4 is 11.7 Å². The maximum absolute atomic E-state index is 12.2. The van der Waals surface area contributed by atoms with Crippen molar-refractivity contribution < 1.29 is 14.3 Å². The van der Waals surface area contributed by atoms with Crippen LogP contribution in [0.25, 0.3) is 0 Å². The van der Waals surface area contributed by atoms with Gasteiger partial charge in [0.25, 0.3) is 5.91 Å². The van der Waals surface area contributed by atoms with Gasteiger partial charge in [-0.15, -0.1) is 0 Å². The van der Waals surface area contributed by atoms with Gasteiger partial charge in [-0.3, -0.25) is 4.79 Å². The number of nitrogens with two attached hydrogens (primary N) is 1. The van der Waals surface area contributed by atoms with Crippen molar-refractivity contribution in [2.24, 2.45) is 0 Å². The summed E-state index contributed by atoms with van der Waals surface area (Å²) in [6.45, 7) is 0.739. The summed E-state index contributed by atoms with van der Waals surface area (Å²) in [5.74, 6) is 0.938. The van der Waals surface area contributed by atoms with E-state index in [1.807, 2.05) is 48.5 Å². The summed E-state index contributed by atoms with van der Waals surface area (Å²) >= 11 is 0. The quantitative estimate of drug-likeness (QED) is 0.668. The molecule has 1 amide bonds. The second kappa shape index (κ2) is 8.66. The molecule has 0 saturated carbocycles. The predicted molar refractivity (Wildman–Crippen MR) is 101 cm³/mol. The molecule has 0 radical (unpaired) electrons. The number of benzene rings is 2. The van der Waals surface area contributed by atoms with E-state index in [4.69, 9.17) is 15.2 Å². The van der Waals surface area contributed by atoms with E-state index in [9.17, 15) is 4.79 Å². The van der Waals surface area contributed by atoms with E-state index in [1.54, 1.807) is 7.11 Å². The average Bonchev–Trinajstić information content (AvgIpc) is 2.71. The van der Waals surface area contributed by atoms with Gasteiger partial charge in [-0.25, -0.2) is 9.97 Å². The van der Waals surface area contributed by atoms with Crippen molar-refractivity contribution in [3.8, 4) is 11.5 Å². The van der Waals surface area contributed by atoms with Crippen LogP contribution >= 0.6 is 0 Å². The lowest BCUT2D eigenvalue weighted by Crippen LogP contribution is -2.25. The van der Waals surface area contributed by atoms with E-state index in [0.29, 0.717) is 24.7 Å². The van der Waals surface area contributed by atoms with Crippen molar-refractivity contribution in [2.45, 2.75) is 13.2 Å². The minimum absolute atomic E-state index is 0.0947. The van der Waals surface area contributed by atoms with Crippen LogP contribution < -0.4 is 20.5 Å². The highest BCUT2D eigenvalue weighted by Crippen LogP contribution is 2.28. The maximum Gasteiger partial charge on any atom is 0.273 e. The molecule has 1 heterocycles. The molecule has 138 valence electrons. The topological polar surface area (TPSA) is 99.4 Å². The zero-order valence-corrected chi connectivity index (χ0v) is 14.9. The zero-order chi connectivity index (χ0) is 19.1. The molecule has 0 bridgehead atoms. The van der Waals surface area contributed by atoms with E-state index in [2.05, 4.69) is 15.3 Å². The van der Waals surface area contributed by atoms with Crippen LogP contribution in [-0.2, 0) is 13.2 Å². The van der Waals surface area contributed by atoms with Crippen LogP contribution in [0.2, 0.25) is 0 Å². The number of carbonyl (C=O) groups is 1. The zero-order valence-electron chi connectivity index (χ0n) is 14.9. The molecular formula is C20H20N4O3. The fourth-order valence-electron chi connectivity index (χ4n) is 2.47. The molecule has 3 N–H and O–H groups in total. The van der Waals surface area contributed by atoms with Crippen LogP contribution in [-0.4, -0.2) is 23.0 Å². The summed E-state index contributed by atoms with van der Waals surface area (Å²) < 4.78 is 11.2. The fourth-order valence-corrected chi connectivity index (χ4v) is 2.47. The van der Waals surface area contributed by atoms with Gasteiger partial charge >= 0.3 is 0 Å². The first-order chi connectivity index (χ1) is 13.2. The standard InChI is InChI=1S/C20H20N4O3/c1-26-17-11-15(12-24-20(25)18-19(21)23-10-9-22-18)7-8-16(17)27-13-14-5-3-2-4-6-14/h2-11H,12-13H2,1H3,(H2,21,23)(H,24,25). The van der Waals surface area contributed by atoms with Crippen molar-refractivity contribution in [1.82, 2.24) is 15.3 Å². The van der Waals surface area contributed by atoms with Gasteiger partial charge in [-0.1, -0.05) is 36.4 Å². The molecule has 0 aliphatic heterocycles. The summed E-state index contributed by atoms with van der Waals surface area (Å²) in [6.07, 6.45) is 2.86. The largest absolute Gasteiger partial charge is 0.493 e. The Labute approximate surface area is 157 Å². The number of ether oxygens (including phenoxy) is 2. The molecule has 0 aliphatic carbocycles. The van der Waals surface area contributed by atoms with Gasteiger partial charge in [0.15, 0.2) is 23.0 Å². The monoisotopic (exact) mass is 364 g/mol. The van der Waals surface area contributed by atoms with E-state index in [1.165, 1.54) is 12.4 Å². The number of hydrogen-bond acceptors (Lipinski definition) is 6. The van der Waals surface area contributed by atoms with Gasteiger partial charge in [0.2, 0.25) is 0 Å². The predicted octanol–water partition coefficient (Wildman–Crippen LogP) is 2.58. The number of carbonyl (C=O) groups excluding carboxylic acids is 1. The lowest BCUT2D eigenvalue weighted by molar-refractivity contribution is 0.0946. The molecule has 3 aromatic rings. The molecule has 27 heavy (non-hydrogen) atoms. The number of rotatable bonds is 7. The molecule has 7 nitrogen and oxygen atoms in total. The van der Waals surface area contributed by atoms with E-state index >= 15 is 0 Å². The summed E-state index contributed by atoms with van der Waals surface area (Å²) in [6, 6.07) is 15.4. The number of aromatic nitrogens is 2. The number of nitrogen functional groups attached to an aromatic ring is 1. The first-order valence-electron chi connectivity index (χ1n) is 8.35. The Morgan fingerprint density at radius 2 is 1.81 bits per heavy atom. The van der Waals surface area contributed by atoms with Crippen molar-refractivity contribution in [1.29, 1.82) is 0 Å². The highest BCUT2D eigenvalue weighted by molar-refractivity contribution is 5.96. The molecule has 0 fully saturated rings. The number of nitrogens with zero attached hydrogens (tertiary/aromatic N) is 2. The van der Waals surface area contributed by atoms with Gasteiger partial charge in [-0.2, -0.15) is 0 Å². The van der Waals surface area contributed by atoms with Gasteiger partial charge in [0.05, 0.1) is 7.11 Å². The lowest BCUT2D eigenvalue weighted by atomic mass is 10.2. The van der Waals surface area contributed by atoms with Crippen LogP contribution in [0.3, 0.4) is 0 Å². The minimum Gasteiger partial charge on any atom is -0.493 e. The van der Waals surface area contributed by atoms with Crippen molar-refractivity contribution in [2.75, 3.05) is 12.8 Å². The third kappa shape index (κ3) is 4.72. The van der Waals surface area contributed by atoms with Gasteiger partial charge in [0.1, 0.15) is 6.61 Å². The summed E-state index contributed by atoms with van der Waals surface area (Å²) in [5, 5.41) is 2.77. The molecule has 3 rings (SSSR count). The molecule has 7 heteroatoms. The molecule has 0 spiro atoms. The SMILES string of the molecule is COc1cc(CNC(=O)c2nccnc2N)ccc1OCc1ccccc1. The second-order valence-corrected chi connectivity index (χ2v) is 5.73. The molecule has 0 unspecified atom stereocenters. The highest BCUT2D eigenvalue weighted by Gasteiger charge is 2.12. The molecule has 0 aliphatic rings. The number of hydrogen-bond donors (Lipinski definition) is 2. The number of amides is 1. The van der Waals surface area contributed by atoms with E-state index < -0.39 is 0 Å². The van der Waals surface area contributed by atoms with E-state index in [0.717, 1.165) is 11.1 Å². The Morgan fingerprint density at radius 1 is 1.04 bits per heavy atom. The van der Waals surface area contributed by atoms with E-state index in [-0.39, 0.29) is 17.4 Å². The second-order valence-electron chi connectivity index (χ2n) is 5.73. The van der Waals surface area contributed by atoms with Crippen molar-refractivity contribution in [3.63, 3.8) is 0 Å². The Balaban J connectivity index is 1.63. The lowest BCUT2D eigenvalue weighted by Gasteiger charge is -2.13. The maximum atomic E-state index is 12.2. The molecule has 0 atom stereocenters. The summed E-state index contributed by atoms with van der Waals surface area (Å²) in [5.41, 5.74) is 7.69. The average molecular weight is 364 g/mol. The first-order valence-corrected chi connectivity index (χ1v) is 8.35.